The molecule has 0 saturated heterocycles. The van der Waals surface area contributed by atoms with Gasteiger partial charge in [0.15, 0.2) is 0 Å². The maximum Gasteiger partial charge on any atom is 0.271 e. The molecule has 1 aromatic rings. The fourth-order valence-electron chi connectivity index (χ4n) is 1.99. The molecule has 19 heavy (non-hydrogen) atoms. The molecule has 106 valence electrons. The maximum atomic E-state index is 12.4. The van der Waals surface area contributed by atoms with Crippen molar-refractivity contribution in [1.29, 1.82) is 0 Å². The zero-order valence-electron chi connectivity index (χ0n) is 10.8. The molecule has 1 aromatic heterocycles. The van der Waals surface area contributed by atoms with Crippen molar-refractivity contribution in [2.45, 2.75) is 30.9 Å². The van der Waals surface area contributed by atoms with Crippen LogP contribution in [0.5, 0.6) is 0 Å². The lowest BCUT2D eigenvalue weighted by atomic mass is 10.2. The molecule has 0 atom stereocenters. The van der Waals surface area contributed by atoms with Gasteiger partial charge < -0.3 is 4.90 Å². The molecule has 0 bridgehead atoms. The first-order chi connectivity index (χ1) is 8.84. The summed E-state index contributed by atoms with van der Waals surface area (Å²) in [6, 6.07) is 0. The van der Waals surface area contributed by atoms with E-state index in [0.29, 0.717) is 23.6 Å². The van der Waals surface area contributed by atoms with E-state index in [1.165, 1.54) is 12.8 Å². The molecule has 1 aliphatic carbocycles. The van der Waals surface area contributed by atoms with E-state index in [-0.39, 0.29) is 10.1 Å². The third-order valence-corrected chi connectivity index (χ3v) is 6.60. The lowest BCUT2D eigenvalue weighted by Crippen LogP contribution is -2.32. The van der Waals surface area contributed by atoms with E-state index >= 15 is 0 Å². The van der Waals surface area contributed by atoms with E-state index in [2.05, 4.69) is 0 Å². The first-order valence-electron chi connectivity index (χ1n) is 6.16. The highest BCUT2D eigenvalue weighted by molar-refractivity contribution is 8.15. The van der Waals surface area contributed by atoms with Crippen molar-refractivity contribution in [3.63, 3.8) is 0 Å². The molecule has 1 aliphatic rings. The summed E-state index contributed by atoms with van der Waals surface area (Å²) in [6.07, 6.45) is 2.35. The molecule has 1 saturated carbocycles. The van der Waals surface area contributed by atoms with Crippen LogP contribution in [-0.2, 0) is 9.05 Å². The molecule has 2 rings (SSSR count). The fourth-order valence-corrected chi connectivity index (χ4v) is 4.53. The van der Waals surface area contributed by atoms with Crippen LogP contribution in [0.1, 0.15) is 35.7 Å². The highest BCUT2D eigenvalue weighted by Gasteiger charge is 2.29. The van der Waals surface area contributed by atoms with Crippen LogP contribution in [0.4, 0.5) is 0 Å². The minimum atomic E-state index is -3.77. The maximum absolute atomic E-state index is 12.4. The summed E-state index contributed by atoms with van der Waals surface area (Å²) in [6.45, 7) is 4.95. The van der Waals surface area contributed by atoms with Gasteiger partial charge in [0.2, 0.25) is 0 Å². The Bertz CT molecular complexity index is 590. The van der Waals surface area contributed by atoms with E-state index in [4.69, 9.17) is 10.7 Å². The lowest BCUT2D eigenvalue weighted by Gasteiger charge is -2.20. The monoisotopic (exact) mass is 321 g/mol. The summed E-state index contributed by atoms with van der Waals surface area (Å²) in [4.78, 5) is 14.2. The molecule has 0 N–H and O–H groups in total. The number of rotatable bonds is 5. The number of nitrogens with zero attached hydrogens (tertiary/aromatic N) is 1. The van der Waals surface area contributed by atoms with E-state index in [1.807, 2.05) is 6.92 Å². The van der Waals surface area contributed by atoms with Crippen LogP contribution in [0, 0.1) is 12.8 Å². The van der Waals surface area contributed by atoms with Gasteiger partial charge in [-0.25, -0.2) is 8.42 Å². The average Bonchev–Trinajstić information content (AvgIpc) is 3.05. The zero-order chi connectivity index (χ0) is 14.2. The summed E-state index contributed by atoms with van der Waals surface area (Å²) >= 11 is 1.01. The third kappa shape index (κ3) is 3.30. The summed E-state index contributed by atoms with van der Waals surface area (Å²) in [5, 5.41) is 1.59. The number of thiophene rings is 1. The van der Waals surface area contributed by atoms with Crippen LogP contribution in [0.25, 0.3) is 0 Å². The molecule has 1 amide bonds. The summed E-state index contributed by atoms with van der Waals surface area (Å²) in [5.41, 5.74) is 0.908. The smallest absolute Gasteiger partial charge is 0.271 e. The van der Waals surface area contributed by atoms with Crippen molar-refractivity contribution in [1.82, 2.24) is 4.90 Å². The molecule has 0 aliphatic heterocycles. The van der Waals surface area contributed by atoms with Gasteiger partial charge in [0, 0.05) is 29.2 Å². The van der Waals surface area contributed by atoms with Crippen molar-refractivity contribution >= 4 is 37.0 Å². The van der Waals surface area contributed by atoms with Crippen molar-refractivity contribution in [2.24, 2.45) is 5.92 Å². The van der Waals surface area contributed by atoms with Crippen LogP contribution in [-0.4, -0.2) is 32.3 Å². The Kier molecular flexibility index (Phi) is 4.23. The predicted molar refractivity (Wildman–Crippen MR) is 76.4 cm³/mol. The van der Waals surface area contributed by atoms with Gasteiger partial charge in [-0.3, -0.25) is 4.79 Å². The second-order valence-corrected chi connectivity index (χ2v) is 8.43. The van der Waals surface area contributed by atoms with Crippen molar-refractivity contribution in [3.05, 3.63) is 16.5 Å². The standard InChI is InChI=1S/C12H16ClNO3S2/c1-3-14(6-9-4-5-9)11(15)10-7-18-12(8(10)2)19(13,16)17/h7,9H,3-6H2,1-2H3. The fraction of sp³-hybridized carbons (Fsp3) is 0.583. The molecule has 1 heterocycles. The normalized spacial score (nSPS) is 15.5. The number of hydrogen-bond donors (Lipinski definition) is 0. The highest BCUT2D eigenvalue weighted by Crippen LogP contribution is 2.32. The zero-order valence-corrected chi connectivity index (χ0v) is 13.2. The Morgan fingerprint density at radius 1 is 1.53 bits per heavy atom. The van der Waals surface area contributed by atoms with Crippen LogP contribution in [0.3, 0.4) is 0 Å². The molecule has 1 fully saturated rings. The summed E-state index contributed by atoms with van der Waals surface area (Å²) in [5.74, 6) is 0.508. The number of hydrogen-bond acceptors (Lipinski definition) is 4. The Morgan fingerprint density at radius 3 is 2.58 bits per heavy atom. The van der Waals surface area contributed by atoms with Crippen molar-refractivity contribution < 1.29 is 13.2 Å². The van der Waals surface area contributed by atoms with E-state index in [0.717, 1.165) is 17.9 Å². The number of amides is 1. The van der Waals surface area contributed by atoms with Crippen molar-refractivity contribution in [3.8, 4) is 0 Å². The largest absolute Gasteiger partial charge is 0.339 e. The van der Waals surface area contributed by atoms with E-state index < -0.39 is 9.05 Å². The Morgan fingerprint density at radius 2 is 2.16 bits per heavy atom. The Hall–Kier alpha value is -0.590. The van der Waals surface area contributed by atoms with Gasteiger partial charge in [-0.15, -0.1) is 11.3 Å². The predicted octanol–water partition coefficient (Wildman–Crippen LogP) is 2.86. The van der Waals surface area contributed by atoms with Crippen LogP contribution < -0.4 is 0 Å². The number of carbonyl (C=O) groups is 1. The van der Waals surface area contributed by atoms with E-state index in [9.17, 15) is 13.2 Å². The first kappa shape index (κ1) is 14.8. The first-order valence-corrected chi connectivity index (χ1v) is 9.35. The van der Waals surface area contributed by atoms with Crippen LogP contribution in [0.15, 0.2) is 9.59 Å². The summed E-state index contributed by atoms with van der Waals surface area (Å²) < 4.78 is 22.8. The second-order valence-electron chi connectivity index (χ2n) is 4.79. The van der Waals surface area contributed by atoms with E-state index in [1.54, 1.807) is 17.2 Å². The SMILES string of the molecule is CCN(CC1CC1)C(=O)c1csc(S(=O)(=O)Cl)c1C. The van der Waals surface area contributed by atoms with Crippen LogP contribution in [0.2, 0.25) is 0 Å². The molecule has 4 nitrogen and oxygen atoms in total. The molecule has 0 radical (unpaired) electrons. The highest BCUT2D eigenvalue weighted by atomic mass is 35.7. The Balaban J connectivity index is 2.25. The quantitative estimate of drug-likeness (QED) is 0.784. The van der Waals surface area contributed by atoms with Crippen molar-refractivity contribution in [2.75, 3.05) is 13.1 Å². The number of carbonyl (C=O) groups excluding carboxylic acids is 1. The Labute approximate surface area is 121 Å². The molecular weight excluding hydrogens is 306 g/mol. The minimum absolute atomic E-state index is 0.0694. The molecule has 0 unspecified atom stereocenters. The summed E-state index contributed by atoms with van der Waals surface area (Å²) in [7, 11) is 1.58. The van der Waals surface area contributed by atoms with Gasteiger partial charge in [-0.05, 0) is 38.2 Å². The molecule has 0 aromatic carbocycles. The van der Waals surface area contributed by atoms with Gasteiger partial charge in [-0.2, -0.15) is 0 Å². The number of halogens is 1. The van der Waals surface area contributed by atoms with Gasteiger partial charge >= 0.3 is 0 Å². The molecule has 7 heteroatoms. The lowest BCUT2D eigenvalue weighted by molar-refractivity contribution is 0.0756. The topological polar surface area (TPSA) is 54.5 Å². The van der Waals surface area contributed by atoms with Gasteiger partial charge in [0.1, 0.15) is 4.21 Å². The van der Waals surface area contributed by atoms with Gasteiger partial charge in [0.05, 0.1) is 5.56 Å². The van der Waals surface area contributed by atoms with Crippen LogP contribution >= 0.6 is 22.0 Å². The second kappa shape index (κ2) is 5.42. The minimum Gasteiger partial charge on any atom is -0.339 e. The molecular formula is C12H16ClNO3S2. The third-order valence-electron chi connectivity index (χ3n) is 3.29. The van der Waals surface area contributed by atoms with Gasteiger partial charge in [-0.1, -0.05) is 0 Å². The van der Waals surface area contributed by atoms with Gasteiger partial charge in [0.25, 0.3) is 15.0 Å². The molecule has 0 spiro atoms. The average molecular weight is 322 g/mol.